The summed E-state index contributed by atoms with van der Waals surface area (Å²) in [5, 5.41) is 2.56. The van der Waals surface area contributed by atoms with E-state index in [4.69, 9.17) is 16.3 Å². The molecule has 0 aliphatic heterocycles. The predicted molar refractivity (Wildman–Crippen MR) is 75.1 cm³/mol. The average molecular weight is 317 g/mol. The lowest BCUT2D eigenvalue weighted by molar-refractivity contribution is -0.137. The normalized spacial score (nSPS) is 11.3. The molecular formula is C14H12ClF3N2O. The van der Waals surface area contributed by atoms with Crippen LogP contribution in [0.5, 0.6) is 5.75 Å². The zero-order valence-electron chi connectivity index (χ0n) is 11.0. The third kappa shape index (κ3) is 4.01. The Morgan fingerprint density at radius 1 is 1.24 bits per heavy atom. The summed E-state index contributed by atoms with van der Waals surface area (Å²) >= 11 is 5.64. The van der Waals surface area contributed by atoms with E-state index in [-0.39, 0.29) is 11.0 Å². The van der Waals surface area contributed by atoms with Crippen molar-refractivity contribution in [2.75, 3.05) is 11.9 Å². The van der Waals surface area contributed by atoms with Crippen molar-refractivity contribution in [2.24, 2.45) is 0 Å². The van der Waals surface area contributed by atoms with E-state index in [9.17, 15) is 13.2 Å². The molecule has 2 rings (SSSR count). The average Bonchev–Trinajstić information content (AvgIpc) is 2.40. The molecule has 1 N–H and O–H groups in total. The molecule has 0 amide bonds. The van der Waals surface area contributed by atoms with Crippen LogP contribution in [0.25, 0.3) is 0 Å². The van der Waals surface area contributed by atoms with Gasteiger partial charge < -0.3 is 10.1 Å². The van der Waals surface area contributed by atoms with Crippen LogP contribution in [0.4, 0.5) is 24.7 Å². The summed E-state index contributed by atoms with van der Waals surface area (Å²) in [5.74, 6) is 0.525. The van der Waals surface area contributed by atoms with E-state index in [0.29, 0.717) is 18.0 Å². The number of nitrogens with one attached hydrogen (secondary N) is 1. The summed E-state index contributed by atoms with van der Waals surface area (Å²) in [6, 6.07) is 8.57. The van der Waals surface area contributed by atoms with Gasteiger partial charge in [0.2, 0.25) is 0 Å². The molecule has 0 aliphatic rings. The summed E-state index contributed by atoms with van der Waals surface area (Å²) in [7, 11) is 0. The molecule has 0 saturated carbocycles. The number of rotatable bonds is 4. The third-order valence-corrected chi connectivity index (χ3v) is 2.76. The van der Waals surface area contributed by atoms with Gasteiger partial charge in [-0.2, -0.15) is 13.2 Å². The Balaban J connectivity index is 2.34. The monoisotopic (exact) mass is 316 g/mol. The highest BCUT2D eigenvalue weighted by Crippen LogP contribution is 2.33. The second-order valence-corrected chi connectivity index (χ2v) is 4.50. The Kier molecular flexibility index (Phi) is 4.57. The standard InChI is InChI=1S/C14H12ClF3N2O/c1-2-21-11-6-4-3-5-10(11)19-13-8-9(14(16,17)18)7-12(15)20-13/h3-8H,2H2,1H3,(H,19,20). The largest absolute Gasteiger partial charge is 0.492 e. The Labute approximate surface area is 124 Å². The van der Waals surface area contributed by atoms with Gasteiger partial charge in [-0.3, -0.25) is 0 Å². The fourth-order valence-electron chi connectivity index (χ4n) is 1.71. The lowest BCUT2D eigenvalue weighted by Gasteiger charge is -2.13. The van der Waals surface area contributed by atoms with Gasteiger partial charge in [0.15, 0.2) is 0 Å². The van der Waals surface area contributed by atoms with Crippen LogP contribution < -0.4 is 10.1 Å². The number of benzene rings is 1. The van der Waals surface area contributed by atoms with Crippen LogP contribution >= 0.6 is 11.6 Å². The number of nitrogens with zero attached hydrogens (tertiary/aromatic N) is 1. The van der Waals surface area contributed by atoms with Crippen molar-refractivity contribution in [3.63, 3.8) is 0 Å². The number of para-hydroxylation sites is 2. The van der Waals surface area contributed by atoms with Gasteiger partial charge in [-0.15, -0.1) is 0 Å². The van der Waals surface area contributed by atoms with Crippen molar-refractivity contribution in [3.05, 3.63) is 47.1 Å². The van der Waals surface area contributed by atoms with Crippen molar-refractivity contribution in [3.8, 4) is 5.75 Å². The van der Waals surface area contributed by atoms with Crippen LogP contribution in [0.3, 0.4) is 0 Å². The zero-order chi connectivity index (χ0) is 15.5. The number of halogens is 4. The van der Waals surface area contributed by atoms with Crippen molar-refractivity contribution < 1.29 is 17.9 Å². The molecule has 2 aromatic rings. The van der Waals surface area contributed by atoms with E-state index in [2.05, 4.69) is 10.3 Å². The van der Waals surface area contributed by atoms with Gasteiger partial charge in [-0.25, -0.2) is 4.98 Å². The van der Waals surface area contributed by atoms with Crippen LogP contribution in [0.1, 0.15) is 12.5 Å². The van der Waals surface area contributed by atoms with Crippen molar-refractivity contribution in [2.45, 2.75) is 13.1 Å². The number of anilines is 2. The minimum absolute atomic E-state index is 0.00183. The number of pyridine rings is 1. The van der Waals surface area contributed by atoms with Crippen LogP contribution in [0.15, 0.2) is 36.4 Å². The zero-order valence-corrected chi connectivity index (χ0v) is 11.8. The molecule has 1 aromatic heterocycles. The number of aromatic nitrogens is 1. The molecule has 112 valence electrons. The quantitative estimate of drug-likeness (QED) is 0.815. The Morgan fingerprint density at radius 3 is 2.62 bits per heavy atom. The van der Waals surface area contributed by atoms with E-state index >= 15 is 0 Å². The molecule has 0 fully saturated rings. The first-order chi connectivity index (χ1) is 9.90. The molecule has 21 heavy (non-hydrogen) atoms. The van der Waals surface area contributed by atoms with Crippen LogP contribution in [-0.2, 0) is 6.18 Å². The van der Waals surface area contributed by atoms with Crippen LogP contribution in [0.2, 0.25) is 5.15 Å². The summed E-state index contributed by atoms with van der Waals surface area (Å²) in [4.78, 5) is 3.84. The predicted octanol–water partition coefficient (Wildman–Crippen LogP) is 4.90. The second-order valence-electron chi connectivity index (χ2n) is 4.12. The van der Waals surface area contributed by atoms with E-state index in [0.717, 1.165) is 12.1 Å². The highest BCUT2D eigenvalue weighted by Gasteiger charge is 2.31. The van der Waals surface area contributed by atoms with Gasteiger partial charge in [0.25, 0.3) is 0 Å². The maximum Gasteiger partial charge on any atom is 0.416 e. The number of hydrogen-bond acceptors (Lipinski definition) is 3. The molecule has 1 heterocycles. The second kappa shape index (κ2) is 6.22. The minimum atomic E-state index is -4.48. The summed E-state index contributed by atoms with van der Waals surface area (Å²) in [5.41, 5.74) is -0.346. The highest BCUT2D eigenvalue weighted by molar-refractivity contribution is 6.29. The maximum atomic E-state index is 12.7. The summed E-state index contributed by atoms with van der Waals surface area (Å²) < 4.78 is 43.6. The maximum absolute atomic E-state index is 12.7. The first-order valence-corrected chi connectivity index (χ1v) is 6.51. The van der Waals surface area contributed by atoms with Gasteiger partial charge in [0, 0.05) is 0 Å². The van der Waals surface area contributed by atoms with Crippen molar-refractivity contribution in [1.82, 2.24) is 4.98 Å². The van der Waals surface area contributed by atoms with Gasteiger partial charge in [0.05, 0.1) is 17.9 Å². The van der Waals surface area contributed by atoms with Gasteiger partial charge in [-0.1, -0.05) is 23.7 Å². The lowest BCUT2D eigenvalue weighted by atomic mass is 10.2. The van der Waals surface area contributed by atoms with E-state index in [1.807, 2.05) is 6.92 Å². The molecular weight excluding hydrogens is 305 g/mol. The molecule has 0 spiro atoms. The van der Waals surface area contributed by atoms with Crippen LogP contribution in [0, 0.1) is 0 Å². The molecule has 0 saturated heterocycles. The topological polar surface area (TPSA) is 34.1 Å². The summed E-state index contributed by atoms with van der Waals surface area (Å²) in [6.07, 6.45) is -4.48. The molecule has 0 unspecified atom stereocenters. The fraction of sp³-hybridized carbons (Fsp3) is 0.214. The summed E-state index contributed by atoms with van der Waals surface area (Å²) in [6.45, 7) is 2.26. The van der Waals surface area contributed by atoms with Gasteiger partial charge in [-0.05, 0) is 31.2 Å². The molecule has 0 atom stereocenters. The number of hydrogen-bond donors (Lipinski definition) is 1. The molecule has 0 radical (unpaired) electrons. The number of alkyl halides is 3. The first-order valence-electron chi connectivity index (χ1n) is 6.14. The van der Waals surface area contributed by atoms with Crippen LogP contribution in [-0.4, -0.2) is 11.6 Å². The Morgan fingerprint density at radius 2 is 1.95 bits per heavy atom. The van der Waals surface area contributed by atoms with Crippen molar-refractivity contribution >= 4 is 23.1 Å². The molecule has 3 nitrogen and oxygen atoms in total. The SMILES string of the molecule is CCOc1ccccc1Nc1cc(C(F)(F)F)cc(Cl)n1. The van der Waals surface area contributed by atoms with E-state index in [1.165, 1.54) is 0 Å². The lowest BCUT2D eigenvalue weighted by Crippen LogP contribution is -2.07. The Bertz CT molecular complexity index is 632. The molecule has 0 aliphatic carbocycles. The number of ether oxygens (including phenoxy) is 1. The van der Waals surface area contributed by atoms with Gasteiger partial charge >= 0.3 is 6.18 Å². The Hall–Kier alpha value is -1.95. The minimum Gasteiger partial charge on any atom is -0.492 e. The molecule has 1 aromatic carbocycles. The highest BCUT2D eigenvalue weighted by atomic mass is 35.5. The molecule has 0 bridgehead atoms. The van der Waals surface area contributed by atoms with E-state index < -0.39 is 11.7 Å². The fourth-order valence-corrected chi connectivity index (χ4v) is 1.92. The first kappa shape index (κ1) is 15.4. The molecule has 7 heteroatoms. The van der Waals surface area contributed by atoms with Gasteiger partial charge in [0.1, 0.15) is 16.7 Å². The van der Waals surface area contributed by atoms with E-state index in [1.54, 1.807) is 24.3 Å². The smallest absolute Gasteiger partial charge is 0.416 e. The third-order valence-electron chi connectivity index (χ3n) is 2.57. The van der Waals surface area contributed by atoms with Crippen molar-refractivity contribution in [1.29, 1.82) is 0 Å².